The number of aliphatic carboxylic acids is 1. The van der Waals surface area contributed by atoms with Crippen molar-refractivity contribution in [1.82, 2.24) is 0 Å². The minimum absolute atomic E-state index is 0.0945. The summed E-state index contributed by atoms with van der Waals surface area (Å²) < 4.78 is 5.00. The summed E-state index contributed by atoms with van der Waals surface area (Å²) in [7, 11) is 0. The Bertz CT molecular complexity index is 450. The highest BCUT2D eigenvalue weighted by molar-refractivity contribution is 5.81. The van der Waals surface area contributed by atoms with E-state index >= 15 is 0 Å². The van der Waals surface area contributed by atoms with Crippen LogP contribution in [0, 0.1) is 5.92 Å². The molecule has 0 radical (unpaired) electrons. The topological polar surface area (TPSA) is 83.8 Å². The molecule has 2 atom stereocenters. The second-order valence-electron chi connectivity index (χ2n) is 5.93. The largest absolute Gasteiger partial charge is 0.478 e. The number of rotatable bonds is 10. The molecule has 0 aromatic rings. The van der Waals surface area contributed by atoms with Gasteiger partial charge in [0.1, 0.15) is 12.0 Å². The second-order valence-corrected chi connectivity index (χ2v) is 5.93. The van der Waals surface area contributed by atoms with Crippen LogP contribution in [0.4, 0.5) is 0 Å². The number of ether oxygens (including phenoxy) is 1. The van der Waals surface area contributed by atoms with Crippen molar-refractivity contribution in [2.45, 2.75) is 58.5 Å². The van der Waals surface area contributed by atoms with Gasteiger partial charge in [0.05, 0.1) is 6.61 Å². The van der Waals surface area contributed by atoms with Crippen LogP contribution < -0.4 is 0 Å². The zero-order valence-corrected chi connectivity index (χ0v) is 13.4. The number of esters is 1. The molecule has 1 saturated heterocycles. The summed E-state index contributed by atoms with van der Waals surface area (Å²) in [6.45, 7) is 3.69. The number of allylic oxidation sites excluding steroid dienone is 3. The predicted octanol–water partition coefficient (Wildman–Crippen LogP) is 2.84. The molecule has 0 spiro atoms. The Hall–Kier alpha value is -1.62. The van der Waals surface area contributed by atoms with Crippen LogP contribution in [0.2, 0.25) is 0 Å². The van der Waals surface area contributed by atoms with E-state index in [-0.39, 0.29) is 24.6 Å². The molecule has 1 aliphatic rings. The fraction of sp³-hybridized carbons (Fsp3) is 0.647. The van der Waals surface area contributed by atoms with E-state index < -0.39 is 5.97 Å². The third kappa shape index (κ3) is 6.43. The van der Waals surface area contributed by atoms with E-state index in [9.17, 15) is 9.59 Å². The van der Waals surface area contributed by atoms with Gasteiger partial charge in [-0.25, -0.2) is 4.79 Å². The van der Waals surface area contributed by atoms with Gasteiger partial charge in [-0.05, 0) is 45.1 Å². The van der Waals surface area contributed by atoms with E-state index in [0.29, 0.717) is 0 Å². The molecular weight excluding hydrogens is 284 g/mol. The molecule has 0 bridgehead atoms. The Morgan fingerprint density at radius 1 is 1.18 bits per heavy atom. The number of unbranched alkanes of at least 4 members (excludes halogenated alkanes) is 3. The molecule has 5 nitrogen and oxygen atoms in total. The summed E-state index contributed by atoms with van der Waals surface area (Å²) >= 11 is 0. The van der Waals surface area contributed by atoms with Crippen molar-refractivity contribution in [2.24, 2.45) is 5.92 Å². The van der Waals surface area contributed by atoms with E-state index in [2.05, 4.69) is 0 Å². The van der Waals surface area contributed by atoms with Crippen molar-refractivity contribution in [3.8, 4) is 0 Å². The number of cyclic esters (lactones) is 1. The lowest BCUT2D eigenvalue weighted by Gasteiger charge is -2.33. The Labute approximate surface area is 131 Å². The van der Waals surface area contributed by atoms with Crippen LogP contribution in [0.5, 0.6) is 0 Å². The quantitative estimate of drug-likeness (QED) is 0.280. The van der Waals surface area contributed by atoms with Crippen LogP contribution in [0.15, 0.2) is 23.3 Å². The molecule has 1 heterocycles. The monoisotopic (exact) mass is 310 g/mol. The molecular formula is C17H26O5. The molecule has 2 N–H and O–H groups in total. The van der Waals surface area contributed by atoms with Crippen LogP contribution in [-0.2, 0) is 14.3 Å². The number of carbonyl (C=O) groups excluding carboxylic acids is 1. The van der Waals surface area contributed by atoms with Crippen LogP contribution in [-0.4, -0.2) is 34.9 Å². The third-order valence-electron chi connectivity index (χ3n) is 3.85. The Kier molecular flexibility index (Phi) is 7.88. The van der Waals surface area contributed by atoms with E-state index in [1.54, 1.807) is 6.92 Å². The first-order valence-electron chi connectivity index (χ1n) is 7.83. The van der Waals surface area contributed by atoms with Crippen molar-refractivity contribution < 1.29 is 24.5 Å². The average molecular weight is 310 g/mol. The van der Waals surface area contributed by atoms with Crippen LogP contribution in [0.1, 0.15) is 52.4 Å². The zero-order chi connectivity index (χ0) is 16.5. The summed E-state index contributed by atoms with van der Waals surface area (Å²) in [5, 5.41) is 17.6. The molecule has 2 unspecified atom stereocenters. The van der Waals surface area contributed by atoms with Gasteiger partial charge in [-0.1, -0.05) is 24.5 Å². The normalized spacial score (nSPS) is 22.2. The maximum atomic E-state index is 11.0. The molecule has 0 aromatic carbocycles. The highest BCUT2D eigenvalue weighted by atomic mass is 16.6. The smallest absolute Gasteiger partial charge is 0.328 e. The molecule has 0 amide bonds. The molecule has 124 valence electrons. The molecule has 1 rings (SSSR count). The maximum Gasteiger partial charge on any atom is 0.328 e. The number of hydrogen-bond acceptors (Lipinski definition) is 4. The minimum Gasteiger partial charge on any atom is -0.478 e. The van der Waals surface area contributed by atoms with Crippen molar-refractivity contribution in [1.29, 1.82) is 0 Å². The molecule has 0 aliphatic carbocycles. The number of carboxylic acids is 1. The Balaban J connectivity index is 2.09. The lowest BCUT2D eigenvalue weighted by molar-refractivity contribution is -0.189. The zero-order valence-electron chi connectivity index (χ0n) is 13.4. The number of carbonyl (C=O) groups is 2. The maximum absolute atomic E-state index is 11.0. The summed E-state index contributed by atoms with van der Waals surface area (Å²) in [6, 6.07) is 0. The minimum atomic E-state index is -0.917. The Morgan fingerprint density at radius 2 is 1.86 bits per heavy atom. The van der Waals surface area contributed by atoms with Gasteiger partial charge in [0.2, 0.25) is 0 Å². The summed E-state index contributed by atoms with van der Waals surface area (Å²) in [5.74, 6) is -1.51. The average Bonchev–Trinajstić information content (AvgIpc) is 2.40. The van der Waals surface area contributed by atoms with E-state index in [1.165, 1.54) is 11.6 Å². The summed E-state index contributed by atoms with van der Waals surface area (Å²) in [6.07, 6.45) is 9.04. The molecule has 5 heteroatoms. The van der Waals surface area contributed by atoms with Crippen LogP contribution >= 0.6 is 0 Å². The van der Waals surface area contributed by atoms with Gasteiger partial charge < -0.3 is 14.9 Å². The van der Waals surface area contributed by atoms with E-state index in [0.717, 1.165) is 44.1 Å². The van der Waals surface area contributed by atoms with E-state index in [1.807, 2.05) is 13.0 Å². The first-order chi connectivity index (χ1) is 10.4. The number of hydrogen-bond donors (Lipinski definition) is 2. The number of aliphatic hydroxyl groups is 1. The summed E-state index contributed by atoms with van der Waals surface area (Å²) in [5.41, 5.74) is 1.94. The molecule has 1 aliphatic heterocycles. The number of aliphatic hydroxyl groups excluding tert-OH is 1. The van der Waals surface area contributed by atoms with Crippen molar-refractivity contribution in [2.75, 3.05) is 6.61 Å². The van der Waals surface area contributed by atoms with Crippen LogP contribution in [0.3, 0.4) is 0 Å². The van der Waals surface area contributed by atoms with Crippen LogP contribution in [0.25, 0.3) is 0 Å². The molecule has 0 saturated carbocycles. The predicted molar refractivity (Wildman–Crippen MR) is 83.3 cm³/mol. The number of carboxylic acid groups (broad SMARTS) is 1. The first-order valence-corrected chi connectivity index (χ1v) is 7.83. The van der Waals surface area contributed by atoms with Gasteiger partial charge >= 0.3 is 11.9 Å². The Morgan fingerprint density at radius 3 is 2.45 bits per heavy atom. The van der Waals surface area contributed by atoms with Gasteiger partial charge in [-0.15, -0.1) is 0 Å². The van der Waals surface area contributed by atoms with Gasteiger partial charge in [0.15, 0.2) is 0 Å². The van der Waals surface area contributed by atoms with Crippen molar-refractivity contribution in [3.05, 3.63) is 23.3 Å². The van der Waals surface area contributed by atoms with E-state index in [4.69, 9.17) is 14.9 Å². The molecule has 1 fully saturated rings. The van der Waals surface area contributed by atoms with Gasteiger partial charge in [0, 0.05) is 6.08 Å². The van der Waals surface area contributed by atoms with Crippen molar-refractivity contribution in [3.63, 3.8) is 0 Å². The van der Waals surface area contributed by atoms with Gasteiger partial charge in [0.25, 0.3) is 0 Å². The SMILES string of the molecule is CC(=CC(=O)O)C=C(C)CCCCCCC1OC(=O)C1CO. The van der Waals surface area contributed by atoms with Gasteiger partial charge in [-0.3, -0.25) is 4.79 Å². The lowest BCUT2D eigenvalue weighted by Crippen LogP contribution is -2.47. The standard InChI is InChI=1S/C17H26O5/c1-12(9-13(2)10-16(19)20)7-5-3-4-6-8-15-14(11-18)17(21)22-15/h9-10,14-15,18H,3-8,11H2,1-2H3,(H,19,20). The fourth-order valence-corrected chi connectivity index (χ4v) is 2.65. The lowest BCUT2D eigenvalue weighted by atomic mass is 9.93. The first kappa shape index (κ1) is 18.4. The fourth-order valence-electron chi connectivity index (χ4n) is 2.65. The second kappa shape index (κ2) is 9.41. The highest BCUT2D eigenvalue weighted by Crippen LogP contribution is 2.26. The van der Waals surface area contributed by atoms with Crippen molar-refractivity contribution >= 4 is 11.9 Å². The van der Waals surface area contributed by atoms with Gasteiger partial charge in [-0.2, -0.15) is 0 Å². The highest BCUT2D eigenvalue weighted by Gasteiger charge is 2.40. The molecule has 0 aromatic heterocycles. The third-order valence-corrected chi connectivity index (χ3v) is 3.85. The summed E-state index contributed by atoms with van der Waals surface area (Å²) in [4.78, 5) is 21.5. The molecule has 22 heavy (non-hydrogen) atoms.